The van der Waals surface area contributed by atoms with Crippen LogP contribution in [0.15, 0.2) is 66.7 Å². The van der Waals surface area contributed by atoms with E-state index in [0.29, 0.717) is 17.4 Å². The van der Waals surface area contributed by atoms with Crippen molar-refractivity contribution < 1.29 is 14.4 Å². The summed E-state index contributed by atoms with van der Waals surface area (Å²) in [6, 6.07) is 17.6. The second kappa shape index (κ2) is 7.58. The Kier molecular flexibility index (Phi) is 4.64. The zero-order chi connectivity index (χ0) is 22.7. The molecule has 1 aliphatic heterocycles. The van der Waals surface area contributed by atoms with Crippen LogP contribution in [0.1, 0.15) is 29.3 Å². The highest BCUT2D eigenvalue weighted by atomic mass is 16.2. The van der Waals surface area contributed by atoms with Crippen LogP contribution in [-0.4, -0.2) is 29.3 Å². The summed E-state index contributed by atoms with van der Waals surface area (Å²) >= 11 is 0. The number of carbonyl (C=O) groups is 3. The summed E-state index contributed by atoms with van der Waals surface area (Å²) in [5.41, 5.74) is 5.27. The third-order valence-electron chi connectivity index (χ3n) is 7.97. The first-order valence-corrected chi connectivity index (χ1v) is 11.8. The minimum atomic E-state index is -0.428. The van der Waals surface area contributed by atoms with Gasteiger partial charge in [-0.15, -0.1) is 0 Å². The molecule has 7 rings (SSSR count). The Bertz CT molecular complexity index is 1110. The largest absolute Gasteiger partial charge is 0.367 e. The van der Waals surface area contributed by atoms with E-state index in [1.165, 1.54) is 0 Å². The molecular formula is C27H27N3O3. The number of hydrogen-bond acceptors (Lipinski definition) is 4. The quantitative estimate of drug-likeness (QED) is 0.551. The van der Waals surface area contributed by atoms with Crippen LogP contribution < -0.4 is 10.3 Å². The molecule has 33 heavy (non-hydrogen) atoms. The maximum Gasteiger partial charge on any atom is 0.270 e. The summed E-state index contributed by atoms with van der Waals surface area (Å²) in [7, 11) is 0. The highest BCUT2D eigenvalue weighted by Gasteiger charge is 2.67. The van der Waals surface area contributed by atoms with Crippen molar-refractivity contribution in [1.29, 1.82) is 0 Å². The molecule has 2 saturated carbocycles. The summed E-state index contributed by atoms with van der Waals surface area (Å²) in [5, 5.41) is 0.998. The summed E-state index contributed by atoms with van der Waals surface area (Å²) in [6.07, 6.45) is 5.38. The maximum atomic E-state index is 13.1. The van der Waals surface area contributed by atoms with Crippen LogP contribution in [0.3, 0.4) is 0 Å². The Morgan fingerprint density at radius 1 is 0.939 bits per heavy atom. The number of nitrogens with one attached hydrogen (secondary N) is 1. The first kappa shape index (κ1) is 20.2. The molecule has 3 fully saturated rings. The molecule has 2 bridgehead atoms. The summed E-state index contributed by atoms with van der Waals surface area (Å²) in [5.74, 6) is -0.166. The Morgan fingerprint density at radius 2 is 1.55 bits per heavy atom. The fraction of sp³-hybridized carbons (Fsp3) is 0.370. The van der Waals surface area contributed by atoms with Crippen LogP contribution in [0.2, 0.25) is 0 Å². The molecule has 0 unspecified atom stereocenters. The van der Waals surface area contributed by atoms with Crippen molar-refractivity contribution in [2.45, 2.75) is 19.9 Å². The highest BCUT2D eigenvalue weighted by molar-refractivity contribution is 6.08. The monoisotopic (exact) mass is 441 g/mol. The lowest BCUT2D eigenvalue weighted by Crippen LogP contribution is -2.46. The summed E-state index contributed by atoms with van der Waals surface area (Å²) < 4.78 is 0. The second-order valence-electron chi connectivity index (χ2n) is 9.65. The van der Waals surface area contributed by atoms with E-state index in [4.69, 9.17) is 0 Å². The third-order valence-corrected chi connectivity index (χ3v) is 7.97. The zero-order valence-electron chi connectivity index (χ0n) is 18.6. The number of hydrogen-bond donors (Lipinski definition) is 1. The number of imide groups is 1. The minimum absolute atomic E-state index is 0.147. The Hall–Kier alpha value is -3.41. The van der Waals surface area contributed by atoms with Gasteiger partial charge in [-0.25, -0.2) is 0 Å². The molecule has 1 saturated heterocycles. The Morgan fingerprint density at radius 3 is 2.12 bits per heavy atom. The lowest BCUT2D eigenvalue weighted by molar-refractivity contribution is -0.143. The third kappa shape index (κ3) is 3.19. The first-order valence-electron chi connectivity index (χ1n) is 11.8. The van der Waals surface area contributed by atoms with Gasteiger partial charge in [0.2, 0.25) is 0 Å². The molecule has 1 N–H and O–H groups in total. The SMILES string of the molecule is CCN(Cc1ccc(C(=O)NN2C(=O)[C@@H]3[C@@H]4C=C[C@@H]([C@H]5C[C@@H]45)[C@@H]3C2=O)cc1)c1ccccc1. The number of hydrazine groups is 1. The molecule has 168 valence electrons. The van der Waals surface area contributed by atoms with Crippen LogP contribution in [0.25, 0.3) is 0 Å². The average molecular weight is 442 g/mol. The number of anilines is 1. The number of benzene rings is 2. The van der Waals surface area contributed by atoms with E-state index in [0.717, 1.165) is 35.8 Å². The van der Waals surface area contributed by atoms with Gasteiger partial charge in [0.1, 0.15) is 0 Å². The molecule has 2 aromatic rings. The van der Waals surface area contributed by atoms with Gasteiger partial charge in [0.05, 0.1) is 11.8 Å². The summed E-state index contributed by atoms with van der Waals surface area (Å²) in [6.45, 7) is 3.71. The molecule has 1 heterocycles. The molecule has 2 aromatic carbocycles. The molecule has 4 aliphatic carbocycles. The molecule has 0 aromatic heterocycles. The second-order valence-corrected chi connectivity index (χ2v) is 9.65. The van der Waals surface area contributed by atoms with Crippen molar-refractivity contribution in [3.8, 4) is 0 Å². The van der Waals surface area contributed by atoms with Crippen LogP contribution in [-0.2, 0) is 16.1 Å². The van der Waals surface area contributed by atoms with E-state index in [1.807, 2.05) is 30.3 Å². The standard InChI is InChI=1S/C27H27N3O3/c1-2-29(18-6-4-3-5-7-18)15-16-8-10-17(11-9-16)25(31)28-30-26(32)23-19-12-13-20(22-14-21(19)22)24(23)27(30)33/h3-13,19-24H,2,14-15H2,1H3,(H,28,31)/t19-,20+,21+,22-,23-,24+. The molecule has 6 heteroatoms. The van der Waals surface area contributed by atoms with E-state index in [-0.39, 0.29) is 35.5 Å². The van der Waals surface area contributed by atoms with E-state index in [1.54, 1.807) is 12.1 Å². The number of nitrogens with zero attached hydrogens (tertiary/aromatic N) is 2. The highest BCUT2D eigenvalue weighted by Crippen LogP contribution is 2.65. The first-order chi connectivity index (χ1) is 16.1. The van der Waals surface area contributed by atoms with Crippen LogP contribution >= 0.6 is 0 Å². The molecule has 3 amide bonds. The van der Waals surface area contributed by atoms with E-state index in [2.05, 4.69) is 41.5 Å². The van der Waals surface area contributed by atoms with Gasteiger partial charge in [-0.05, 0) is 66.8 Å². The van der Waals surface area contributed by atoms with E-state index < -0.39 is 5.91 Å². The van der Waals surface area contributed by atoms with Gasteiger partial charge in [0.25, 0.3) is 17.7 Å². The van der Waals surface area contributed by atoms with Gasteiger partial charge in [0, 0.05) is 24.3 Å². The molecule has 0 radical (unpaired) electrons. The Labute approximate surface area is 193 Å². The lowest BCUT2D eigenvalue weighted by atomic mass is 9.63. The van der Waals surface area contributed by atoms with Gasteiger partial charge in [-0.1, -0.05) is 42.5 Å². The van der Waals surface area contributed by atoms with Crippen molar-refractivity contribution in [2.24, 2.45) is 35.5 Å². The topological polar surface area (TPSA) is 69.7 Å². The Balaban J connectivity index is 1.13. The fourth-order valence-corrected chi connectivity index (χ4v) is 6.24. The number of amides is 3. The van der Waals surface area contributed by atoms with Gasteiger partial charge in [-0.3, -0.25) is 19.8 Å². The molecule has 0 spiro atoms. The number of carbonyl (C=O) groups excluding carboxylic acids is 3. The maximum absolute atomic E-state index is 13.1. The predicted molar refractivity (Wildman–Crippen MR) is 124 cm³/mol. The van der Waals surface area contributed by atoms with Gasteiger partial charge in [0.15, 0.2) is 0 Å². The van der Waals surface area contributed by atoms with Gasteiger partial charge >= 0.3 is 0 Å². The van der Waals surface area contributed by atoms with Gasteiger partial charge < -0.3 is 4.90 Å². The van der Waals surface area contributed by atoms with Gasteiger partial charge in [-0.2, -0.15) is 5.01 Å². The van der Waals surface area contributed by atoms with E-state index >= 15 is 0 Å². The summed E-state index contributed by atoms with van der Waals surface area (Å²) in [4.78, 5) is 41.3. The van der Waals surface area contributed by atoms with Crippen LogP contribution in [0.4, 0.5) is 5.69 Å². The average Bonchev–Trinajstić information content (AvgIpc) is 3.64. The van der Waals surface area contributed by atoms with Crippen molar-refractivity contribution in [1.82, 2.24) is 10.4 Å². The van der Waals surface area contributed by atoms with Crippen LogP contribution in [0.5, 0.6) is 0 Å². The smallest absolute Gasteiger partial charge is 0.270 e. The lowest BCUT2D eigenvalue weighted by Gasteiger charge is -2.37. The van der Waals surface area contributed by atoms with Crippen molar-refractivity contribution in [2.75, 3.05) is 11.4 Å². The molecule has 6 atom stereocenters. The molecular weight excluding hydrogens is 414 g/mol. The van der Waals surface area contributed by atoms with Crippen molar-refractivity contribution in [3.05, 3.63) is 77.9 Å². The fourth-order valence-electron chi connectivity index (χ4n) is 6.24. The van der Waals surface area contributed by atoms with Crippen LogP contribution in [0, 0.1) is 35.5 Å². The molecule has 5 aliphatic rings. The number of allylic oxidation sites excluding steroid dienone is 2. The number of rotatable bonds is 6. The minimum Gasteiger partial charge on any atom is -0.367 e. The van der Waals surface area contributed by atoms with Crippen molar-refractivity contribution >= 4 is 23.4 Å². The predicted octanol–water partition coefficient (Wildman–Crippen LogP) is 3.41. The van der Waals surface area contributed by atoms with Crippen molar-refractivity contribution in [3.63, 3.8) is 0 Å². The normalized spacial score (nSPS) is 30.8. The zero-order valence-corrected chi connectivity index (χ0v) is 18.6. The number of para-hydroxylation sites is 1. The molecule has 6 nitrogen and oxygen atoms in total. The van der Waals surface area contributed by atoms with E-state index in [9.17, 15) is 14.4 Å².